The molecule has 3 heterocycles. The molecule has 3 aliphatic rings. The Labute approximate surface area is 280 Å². The minimum absolute atomic E-state index is 0.0284. The first-order chi connectivity index (χ1) is 23.3. The van der Waals surface area contributed by atoms with E-state index in [-0.39, 0.29) is 25.5 Å². The van der Waals surface area contributed by atoms with Crippen LogP contribution in [0.5, 0.6) is 5.88 Å². The van der Waals surface area contributed by atoms with E-state index < -0.39 is 71.8 Å². The van der Waals surface area contributed by atoms with Crippen LogP contribution in [0.1, 0.15) is 45.6 Å². The number of para-hydroxylation sites is 2. The van der Waals surface area contributed by atoms with Crippen molar-refractivity contribution in [1.82, 2.24) is 25.5 Å². The second kappa shape index (κ2) is 13.1. The molecule has 0 spiro atoms. The number of benzene rings is 2. The average molecular weight is 678 g/mol. The molecule has 2 aliphatic heterocycles. The zero-order chi connectivity index (χ0) is 35.1. The van der Waals surface area contributed by atoms with Crippen LogP contribution in [0.15, 0.2) is 54.6 Å². The number of amides is 3. The highest BCUT2D eigenvalue weighted by Crippen LogP contribution is 2.48. The second-order valence-electron chi connectivity index (χ2n) is 13.7. The number of aromatic nitrogens is 2. The van der Waals surface area contributed by atoms with Gasteiger partial charge in [-0.2, -0.15) is 0 Å². The van der Waals surface area contributed by atoms with Crippen LogP contribution in [0.25, 0.3) is 28.4 Å². The largest absolute Gasteiger partial charge is 0.479 e. The van der Waals surface area contributed by atoms with E-state index in [1.165, 1.54) is 4.90 Å². The summed E-state index contributed by atoms with van der Waals surface area (Å²) in [7, 11) is 0. The number of carboxylic acid groups (broad SMARTS) is 1. The Bertz CT molecular complexity index is 1830. The molecular weight excluding hydrogens is 640 g/mol. The molecule has 5 atom stereocenters. The summed E-state index contributed by atoms with van der Waals surface area (Å²) in [6, 6.07) is 12.2. The van der Waals surface area contributed by atoms with Crippen molar-refractivity contribution in [2.45, 2.75) is 70.2 Å². The lowest BCUT2D eigenvalue weighted by molar-refractivity contribution is -0.147. The summed E-state index contributed by atoms with van der Waals surface area (Å²) in [5, 5.41) is 14.8. The van der Waals surface area contributed by atoms with Gasteiger partial charge in [-0.05, 0) is 42.0 Å². The van der Waals surface area contributed by atoms with Crippen molar-refractivity contribution in [2.24, 2.45) is 11.3 Å². The number of cyclic esters (lactones) is 1. The zero-order valence-electron chi connectivity index (χ0n) is 27.2. The molecule has 14 heteroatoms. The number of ether oxygens (including phenoxy) is 2. The van der Waals surface area contributed by atoms with Gasteiger partial charge in [-0.25, -0.2) is 28.3 Å². The van der Waals surface area contributed by atoms with Gasteiger partial charge >= 0.3 is 12.1 Å². The number of alkyl carbamates (subject to hydrolysis) is 1. The summed E-state index contributed by atoms with van der Waals surface area (Å²) in [5.74, 6) is -4.59. The Hall–Kier alpha value is -5.14. The highest BCUT2D eigenvalue weighted by molar-refractivity contribution is 5.96. The first-order valence-electron chi connectivity index (χ1n) is 16.0. The SMILES string of the molecule is CC(C)(C)[C@@H]1NC(=O)OCC/C=C/c2cccc(c2)-c2nc3ccccc3nc2O[C@@H]2C[C@@H](C(=O)N[C@]3(C(=O)O)C[C@H]3C(F)F)N(C2)C1=O. The van der Waals surface area contributed by atoms with Crippen molar-refractivity contribution in [3.05, 3.63) is 60.2 Å². The van der Waals surface area contributed by atoms with E-state index in [9.17, 15) is 33.1 Å². The fourth-order valence-electron chi connectivity index (χ4n) is 6.33. The summed E-state index contributed by atoms with van der Waals surface area (Å²) in [4.78, 5) is 63.9. The van der Waals surface area contributed by atoms with Crippen molar-refractivity contribution < 1.29 is 42.5 Å². The summed E-state index contributed by atoms with van der Waals surface area (Å²) >= 11 is 0. The second-order valence-corrected chi connectivity index (χ2v) is 13.7. The van der Waals surface area contributed by atoms with Gasteiger partial charge in [0.15, 0.2) is 0 Å². The average Bonchev–Trinajstić information content (AvgIpc) is 3.65. The Morgan fingerprint density at radius 2 is 1.84 bits per heavy atom. The van der Waals surface area contributed by atoms with Gasteiger partial charge in [-0.3, -0.25) is 9.59 Å². The van der Waals surface area contributed by atoms with E-state index in [1.807, 2.05) is 48.6 Å². The Morgan fingerprint density at radius 3 is 2.51 bits per heavy atom. The smallest absolute Gasteiger partial charge is 0.407 e. The summed E-state index contributed by atoms with van der Waals surface area (Å²) in [6.07, 6.45) is -1.11. The van der Waals surface area contributed by atoms with Gasteiger partial charge in [-0.1, -0.05) is 63.3 Å². The van der Waals surface area contributed by atoms with E-state index >= 15 is 0 Å². The van der Waals surface area contributed by atoms with Crippen LogP contribution in [0, 0.1) is 11.3 Å². The Morgan fingerprint density at radius 1 is 1.10 bits per heavy atom. The summed E-state index contributed by atoms with van der Waals surface area (Å²) < 4.78 is 39.0. The van der Waals surface area contributed by atoms with E-state index in [2.05, 4.69) is 10.6 Å². The third kappa shape index (κ3) is 6.90. The number of carboxylic acids is 1. The highest BCUT2D eigenvalue weighted by Gasteiger charge is 2.66. The third-order valence-electron chi connectivity index (χ3n) is 9.08. The number of rotatable bonds is 4. The van der Waals surface area contributed by atoms with Crippen molar-refractivity contribution in [3.63, 3.8) is 0 Å². The van der Waals surface area contributed by atoms with E-state index in [0.717, 1.165) is 5.56 Å². The Kier molecular flexibility index (Phi) is 8.99. The van der Waals surface area contributed by atoms with Crippen LogP contribution in [-0.2, 0) is 19.1 Å². The molecule has 3 aromatic rings. The van der Waals surface area contributed by atoms with Crippen LogP contribution in [0.3, 0.4) is 0 Å². The van der Waals surface area contributed by atoms with Gasteiger partial charge in [0.05, 0.1) is 30.1 Å². The number of nitrogens with zero attached hydrogens (tertiary/aromatic N) is 3. The number of fused-ring (bicyclic) bond motifs is 7. The fraction of sp³-hybridized carbons (Fsp3) is 0.429. The molecule has 6 rings (SSSR count). The van der Waals surface area contributed by atoms with Gasteiger partial charge in [0.1, 0.15) is 29.4 Å². The van der Waals surface area contributed by atoms with Crippen molar-refractivity contribution in [2.75, 3.05) is 13.2 Å². The number of carbonyl (C=O) groups excluding carboxylic acids is 3. The van der Waals surface area contributed by atoms with Gasteiger partial charge in [0, 0.05) is 12.0 Å². The highest BCUT2D eigenvalue weighted by atomic mass is 19.3. The van der Waals surface area contributed by atoms with Gasteiger partial charge in [0.2, 0.25) is 24.1 Å². The predicted molar refractivity (Wildman–Crippen MR) is 174 cm³/mol. The van der Waals surface area contributed by atoms with Gasteiger partial charge < -0.3 is 30.1 Å². The van der Waals surface area contributed by atoms with E-state index in [4.69, 9.17) is 19.4 Å². The monoisotopic (exact) mass is 677 g/mol. The molecule has 2 aromatic carbocycles. The molecule has 12 nitrogen and oxygen atoms in total. The first kappa shape index (κ1) is 33.7. The molecule has 0 radical (unpaired) electrons. The number of halogens is 2. The fourth-order valence-corrected chi connectivity index (χ4v) is 6.33. The quantitative estimate of drug-likeness (QED) is 0.363. The first-order valence-corrected chi connectivity index (χ1v) is 16.0. The van der Waals surface area contributed by atoms with Gasteiger partial charge in [0.25, 0.3) is 0 Å². The number of nitrogens with one attached hydrogen (secondary N) is 2. The summed E-state index contributed by atoms with van der Waals surface area (Å²) in [5.41, 5.74) is 0.0993. The predicted octanol–water partition coefficient (Wildman–Crippen LogP) is 4.43. The lowest BCUT2D eigenvalue weighted by Crippen LogP contribution is -2.59. The van der Waals surface area contributed by atoms with E-state index in [0.29, 0.717) is 28.7 Å². The minimum atomic E-state index is -2.97. The number of alkyl halides is 2. The number of hydrogen-bond acceptors (Lipinski definition) is 8. The molecule has 258 valence electrons. The molecule has 0 unspecified atom stereocenters. The minimum Gasteiger partial charge on any atom is -0.479 e. The maximum Gasteiger partial charge on any atom is 0.407 e. The van der Waals surface area contributed by atoms with E-state index in [1.54, 1.807) is 32.9 Å². The molecular formula is C35H37F2N5O7. The molecule has 1 saturated carbocycles. The molecule has 2 fully saturated rings. The number of aliphatic carboxylic acids is 1. The molecule has 1 saturated heterocycles. The normalized spacial score (nSPS) is 26.4. The summed E-state index contributed by atoms with van der Waals surface area (Å²) in [6.45, 7) is 5.05. The lowest BCUT2D eigenvalue weighted by atomic mass is 9.85. The maximum atomic E-state index is 14.3. The standard InChI is InChI=1S/C35H37F2N5O7/c1-34(2,3)27-31(44)42-18-21(16-25(42)29(43)41-35(32(45)46)17-22(35)28(36)37)49-30-26(38-23-12-4-5-13-24(23)39-30)20-11-8-10-19(15-20)9-6-7-14-48-33(47)40-27/h4-6,8-13,15,21-22,25,27-28H,7,14,16-18H2,1-3H3,(H,40,47)(H,41,43)(H,45,46)/b9-6+/t21-,22+,25+,27-,35-/m1/s1. The molecule has 49 heavy (non-hydrogen) atoms. The molecule has 4 bridgehead atoms. The lowest BCUT2D eigenvalue weighted by Gasteiger charge is -2.35. The van der Waals surface area contributed by atoms with Crippen molar-refractivity contribution in [3.8, 4) is 17.1 Å². The molecule has 3 N–H and O–H groups in total. The van der Waals surface area contributed by atoms with Crippen LogP contribution in [-0.4, -0.2) is 87.2 Å². The number of carbonyl (C=O) groups is 4. The zero-order valence-corrected chi connectivity index (χ0v) is 27.2. The molecule has 1 aliphatic carbocycles. The molecule has 1 aromatic heterocycles. The molecule has 3 amide bonds. The van der Waals surface area contributed by atoms with Crippen LogP contribution in [0.2, 0.25) is 0 Å². The van der Waals surface area contributed by atoms with Crippen LogP contribution < -0.4 is 15.4 Å². The Balaban J connectivity index is 1.42. The topological polar surface area (TPSA) is 160 Å². The number of hydrogen-bond donors (Lipinski definition) is 3. The van der Waals surface area contributed by atoms with Crippen molar-refractivity contribution in [1.29, 1.82) is 0 Å². The van der Waals surface area contributed by atoms with Crippen LogP contribution in [0.4, 0.5) is 13.6 Å². The third-order valence-corrected chi connectivity index (χ3v) is 9.08. The van der Waals surface area contributed by atoms with Crippen molar-refractivity contribution >= 4 is 41.0 Å². The maximum absolute atomic E-state index is 14.3. The van der Waals surface area contributed by atoms with Crippen LogP contribution >= 0.6 is 0 Å². The van der Waals surface area contributed by atoms with Gasteiger partial charge in [-0.15, -0.1) is 0 Å².